The van der Waals surface area contributed by atoms with E-state index in [0.717, 1.165) is 22.5 Å². The number of aryl methyl sites for hydroxylation is 1. The molecule has 0 unspecified atom stereocenters. The van der Waals surface area contributed by atoms with Crippen molar-refractivity contribution in [3.05, 3.63) is 47.9 Å². The zero-order valence-corrected chi connectivity index (χ0v) is 16.9. The molecule has 1 aromatic heterocycles. The highest BCUT2D eigenvalue weighted by Crippen LogP contribution is 2.36. The number of piperidine rings is 1. The number of nitriles is 1. The molecule has 0 bridgehead atoms. The van der Waals surface area contributed by atoms with E-state index in [1.54, 1.807) is 17.3 Å². The lowest BCUT2D eigenvalue weighted by Crippen LogP contribution is -2.46. The Balaban J connectivity index is 1.75. The minimum atomic E-state index is -0.589. The van der Waals surface area contributed by atoms with Crippen LogP contribution in [0.4, 0.5) is 4.79 Å². The normalized spacial score (nSPS) is 16.3. The number of hydrogen-bond donors (Lipinski definition) is 0. The van der Waals surface area contributed by atoms with E-state index >= 15 is 0 Å². The van der Waals surface area contributed by atoms with Crippen LogP contribution in [-0.2, 0) is 10.2 Å². The molecule has 0 aliphatic carbocycles. The number of nitrogens with zero attached hydrogens (tertiary/aromatic N) is 4. The van der Waals surface area contributed by atoms with E-state index in [2.05, 4.69) is 16.0 Å². The summed E-state index contributed by atoms with van der Waals surface area (Å²) in [7, 11) is 0. The lowest BCUT2D eigenvalue weighted by Gasteiger charge is -2.38. The molecule has 6 heteroatoms. The van der Waals surface area contributed by atoms with Crippen molar-refractivity contribution in [3.8, 4) is 17.3 Å². The second-order valence-electron chi connectivity index (χ2n) is 8.23. The molecule has 1 aliphatic heterocycles. The van der Waals surface area contributed by atoms with Gasteiger partial charge in [0.15, 0.2) is 0 Å². The van der Waals surface area contributed by atoms with Gasteiger partial charge in [0.2, 0.25) is 0 Å². The highest BCUT2D eigenvalue weighted by Gasteiger charge is 2.38. The molecule has 6 nitrogen and oxygen atoms in total. The third-order valence-electron chi connectivity index (χ3n) is 5.07. The van der Waals surface area contributed by atoms with E-state index in [9.17, 15) is 10.1 Å². The van der Waals surface area contributed by atoms with Crippen LogP contribution in [0.2, 0.25) is 0 Å². The first-order chi connectivity index (χ1) is 13.2. The number of carbonyl (C=O) groups excluding carboxylic acids is 1. The van der Waals surface area contributed by atoms with Crippen molar-refractivity contribution in [2.24, 2.45) is 0 Å². The number of aromatic nitrogens is 2. The SMILES string of the molecule is Cc1nccnc1-c1ccc(C2(C#N)CCN(C(=O)OC(C)(C)C)CC2)cc1. The molecule has 0 radical (unpaired) electrons. The Hall–Kier alpha value is -2.94. The highest BCUT2D eigenvalue weighted by molar-refractivity contribution is 5.68. The molecule has 0 atom stereocenters. The Bertz CT molecular complexity index is 886. The van der Waals surface area contributed by atoms with Crippen molar-refractivity contribution < 1.29 is 9.53 Å². The van der Waals surface area contributed by atoms with Gasteiger partial charge in [-0.05, 0) is 46.1 Å². The molecule has 2 heterocycles. The number of benzene rings is 1. The number of amides is 1. The summed E-state index contributed by atoms with van der Waals surface area (Å²) in [6.45, 7) is 8.51. The summed E-state index contributed by atoms with van der Waals surface area (Å²) < 4.78 is 5.45. The van der Waals surface area contributed by atoms with Crippen molar-refractivity contribution in [2.75, 3.05) is 13.1 Å². The second-order valence-corrected chi connectivity index (χ2v) is 8.23. The Morgan fingerprint density at radius 3 is 2.29 bits per heavy atom. The topological polar surface area (TPSA) is 79.1 Å². The molecular weight excluding hydrogens is 352 g/mol. The molecule has 1 saturated heterocycles. The summed E-state index contributed by atoms with van der Waals surface area (Å²) in [6, 6.07) is 10.5. The van der Waals surface area contributed by atoms with Crippen molar-refractivity contribution >= 4 is 6.09 Å². The van der Waals surface area contributed by atoms with E-state index in [1.165, 1.54) is 0 Å². The summed E-state index contributed by atoms with van der Waals surface area (Å²) >= 11 is 0. The Morgan fingerprint density at radius 2 is 1.75 bits per heavy atom. The summed E-state index contributed by atoms with van der Waals surface area (Å²) in [6.07, 6.45) is 4.22. The average molecular weight is 378 g/mol. The molecule has 0 N–H and O–H groups in total. The number of carbonyl (C=O) groups is 1. The number of ether oxygens (including phenoxy) is 1. The largest absolute Gasteiger partial charge is 0.444 e. The van der Waals surface area contributed by atoms with Gasteiger partial charge in [0.05, 0.1) is 22.9 Å². The third-order valence-corrected chi connectivity index (χ3v) is 5.07. The van der Waals surface area contributed by atoms with Crippen LogP contribution in [0.5, 0.6) is 0 Å². The predicted molar refractivity (Wildman–Crippen MR) is 107 cm³/mol. The number of rotatable bonds is 2. The van der Waals surface area contributed by atoms with Crippen LogP contribution in [0.3, 0.4) is 0 Å². The molecule has 0 spiro atoms. The van der Waals surface area contributed by atoms with Crippen molar-refractivity contribution in [1.82, 2.24) is 14.9 Å². The fourth-order valence-corrected chi connectivity index (χ4v) is 3.50. The zero-order chi connectivity index (χ0) is 20.4. The lowest BCUT2D eigenvalue weighted by atomic mass is 9.74. The highest BCUT2D eigenvalue weighted by atomic mass is 16.6. The van der Waals surface area contributed by atoms with Crippen molar-refractivity contribution in [1.29, 1.82) is 5.26 Å². The van der Waals surface area contributed by atoms with Gasteiger partial charge in [0, 0.05) is 31.0 Å². The monoisotopic (exact) mass is 378 g/mol. The average Bonchev–Trinajstić information content (AvgIpc) is 2.67. The molecule has 3 rings (SSSR count). The smallest absolute Gasteiger partial charge is 0.410 e. The Kier molecular flexibility index (Phi) is 5.37. The second kappa shape index (κ2) is 7.59. The van der Waals surface area contributed by atoms with Crippen LogP contribution in [0.25, 0.3) is 11.3 Å². The van der Waals surface area contributed by atoms with Gasteiger partial charge in [0.25, 0.3) is 0 Å². The van der Waals surface area contributed by atoms with Gasteiger partial charge in [-0.2, -0.15) is 5.26 Å². The van der Waals surface area contributed by atoms with Gasteiger partial charge in [-0.15, -0.1) is 0 Å². The molecule has 28 heavy (non-hydrogen) atoms. The quantitative estimate of drug-likeness (QED) is 0.781. The maximum atomic E-state index is 12.3. The molecule has 1 aromatic carbocycles. The summed E-state index contributed by atoms with van der Waals surface area (Å²) in [5.74, 6) is 0. The van der Waals surface area contributed by atoms with Crippen molar-refractivity contribution in [2.45, 2.75) is 51.6 Å². The fourth-order valence-electron chi connectivity index (χ4n) is 3.50. The van der Waals surface area contributed by atoms with Crippen LogP contribution in [0, 0.1) is 18.3 Å². The minimum Gasteiger partial charge on any atom is -0.444 e. The maximum Gasteiger partial charge on any atom is 0.410 e. The number of likely N-dealkylation sites (tertiary alicyclic amines) is 1. The lowest BCUT2D eigenvalue weighted by molar-refractivity contribution is 0.0185. The van der Waals surface area contributed by atoms with E-state index in [-0.39, 0.29) is 6.09 Å². The summed E-state index contributed by atoms with van der Waals surface area (Å²) in [5.41, 5.74) is 2.57. The predicted octanol–water partition coefficient (Wildman–Crippen LogP) is 4.24. The first-order valence-corrected chi connectivity index (χ1v) is 9.52. The minimum absolute atomic E-state index is 0.312. The zero-order valence-electron chi connectivity index (χ0n) is 16.9. The van der Waals surface area contributed by atoms with Crippen LogP contribution in [-0.4, -0.2) is 39.7 Å². The molecule has 1 fully saturated rings. The van der Waals surface area contributed by atoms with Gasteiger partial charge in [-0.1, -0.05) is 24.3 Å². The van der Waals surface area contributed by atoms with Crippen molar-refractivity contribution in [3.63, 3.8) is 0 Å². The first kappa shape index (κ1) is 19.8. The number of hydrogen-bond acceptors (Lipinski definition) is 5. The van der Waals surface area contributed by atoms with Gasteiger partial charge < -0.3 is 9.64 Å². The van der Waals surface area contributed by atoms with E-state index in [4.69, 9.17) is 4.74 Å². The fraction of sp³-hybridized carbons (Fsp3) is 0.455. The van der Waals surface area contributed by atoms with Crippen LogP contribution in [0.1, 0.15) is 44.9 Å². The standard InChI is InChI=1S/C22H26N4O2/c1-16-19(25-12-11-24-16)17-5-7-18(8-6-17)22(15-23)9-13-26(14-10-22)20(27)28-21(2,3)4/h5-8,11-12H,9-10,13-14H2,1-4H3. The molecule has 2 aromatic rings. The summed E-state index contributed by atoms with van der Waals surface area (Å²) in [4.78, 5) is 22.7. The Labute approximate surface area is 166 Å². The molecular formula is C22H26N4O2. The van der Waals surface area contributed by atoms with Gasteiger partial charge in [0.1, 0.15) is 5.60 Å². The van der Waals surface area contributed by atoms with Crippen LogP contribution >= 0.6 is 0 Å². The van der Waals surface area contributed by atoms with Gasteiger partial charge >= 0.3 is 6.09 Å². The van der Waals surface area contributed by atoms with E-state index < -0.39 is 11.0 Å². The van der Waals surface area contributed by atoms with Gasteiger partial charge in [-0.3, -0.25) is 9.97 Å². The first-order valence-electron chi connectivity index (χ1n) is 9.52. The van der Waals surface area contributed by atoms with Crippen LogP contribution in [0.15, 0.2) is 36.7 Å². The molecule has 1 amide bonds. The van der Waals surface area contributed by atoms with E-state index in [0.29, 0.717) is 25.9 Å². The summed E-state index contributed by atoms with van der Waals surface area (Å²) in [5, 5.41) is 9.93. The third kappa shape index (κ3) is 4.14. The molecule has 1 aliphatic rings. The molecule has 146 valence electrons. The Morgan fingerprint density at radius 1 is 1.14 bits per heavy atom. The maximum absolute atomic E-state index is 12.3. The van der Waals surface area contributed by atoms with Gasteiger partial charge in [-0.25, -0.2) is 4.79 Å². The van der Waals surface area contributed by atoms with Crippen LogP contribution < -0.4 is 0 Å². The van der Waals surface area contributed by atoms with E-state index in [1.807, 2.05) is 52.0 Å². The molecule has 0 saturated carbocycles.